The maximum Gasteiger partial charge on any atom is 0.243 e. The standard InChI is InChI=1S/C14H20BrFN2O2S/c1-14(2,3)17-6-8-18(9-7-17)21(19,20)11-4-5-12(15)13(16)10-11/h4-5,10H,6-9H2,1-3H3. The summed E-state index contributed by atoms with van der Waals surface area (Å²) in [4.78, 5) is 2.26. The Morgan fingerprint density at radius 2 is 1.71 bits per heavy atom. The summed E-state index contributed by atoms with van der Waals surface area (Å²) in [5.41, 5.74) is 0.0274. The van der Waals surface area contributed by atoms with Crippen molar-refractivity contribution in [2.24, 2.45) is 0 Å². The van der Waals surface area contributed by atoms with Gasteiger partial charge in [-0.3, -0.25) is 4.90 Å². The zero-order chi connectivity index (χ0) is 15.8. The van der Waals surface area contributed by atoms with E-state index in [1.165, 1.54) is 16.4 Å². The second kappa shape index (κ2) is 5.95. The van der Waals surface area contributed by atoms with Crippen LogP contribution in [0, 0.1) is 5.82 Å². The summed E-state index contributed by atoms with van der Waals surface area (Å²) in [5, 5.41) is 0. The maximum absolute atomic E-state index is 13.6. The number of hydrogen-bond donors (Lipinski definition) is 0. The molecule has 118 valence electrons. The Bertz CT molecular complexity index is 620. The van der Waals surface area contributed by atoms with Crippen LogP contribution in [0.25, 0.3) is 0 Å². The van der Waals surface area contributed by atoms with Gasteiger partial charge >= 0.3 is 0 Å². The van der Waals surface area contributed by atoms with Crippen molar-refractivity contribution < 1.29 is 12.8 Å². The molecule has 7 heteroatoms. The molecule has 0 radical (unpaired) electrons. The van der Waals surface area contributed by atoms with E-state index < -0.39 is 15.8 Å². The molecule has 0 aromatic heterocycles. The molecular weight excluding hydrogens is 359 g/mol. The Balaban J connectivity index is 2.17. The molecule has 1 aromatic carbocycles. The van der Waals surface area contributed by atoms with E-state index in [1.807, 2.05) is 0 Å². The van der Waals surface area contributed by atoms with Gasteiger partial charge in [0.15, 0.2) is 0 Å². The first-order chi connectivity index (χ1) is 9.62. The minimum Gasteiger partial charge on any atom is -0.296 e. The summed E-state index contributed by atoms with van der Waals surface area (Å²) >= 11 is 3.03. The molecule has 0 N–H and O–H groups in total. The Morgan fingerprint density at radius 1 is 1.14 bits per heavy atom. The molecule has 1 aromatic rings. The number of nitrogens with zero attached hydrogens (tertiary/aromatic N) is 2. The molecule has 0 saturated carbocycles. The molecule has 1 heterocycles. The lowest BCUT2D eigenvalue weighted by Gasteiger charge is -2.41. The average molecular weight is 379 g/mol. The van der Waals surface area contributed by atoms with Gasteiger partial charge < -0.3 is 0 Å². The van der Waals surface area contributed by atoms with Crippen LogP contribution in [-0.4, -0.2) is 49.3 Å². The molecule has 0 bridgehead atoms. The average Bonchev–Trinajstić information content (AvgIpc) is 2.41. The fourth-order valence-corrected chi connectivity index (χ4v) is 4.07. The minimum absolute atomic E-state index is 0.00686. The Kier molecular flexibility index (Phi) is 4.78. The zero-order valence-corrected chi connectivity index (χ0v) is 14.8. The van der Waals surface area contributed by atoms with Crippen LogP contribution in [-0.2, 0) is 10.0 Å². The normalized spacial score (nSPS) is 18.9. The predicted molar refractivity (Wildman–Crippen MR) is 84.2 cm³/mol. The van der Waals surface area contributed by atoms with Gasteiger partial charge in [0.2, 0.25) is 10.0 Å². The van der Waals surface area contributed by atoms with Gasteiger partial charge in [-0.25, -0.2) is 12.8 Å². The molecule has 1 aliphatic rings. The van der Waals surface area contributed by atoms with E-state index in [4.69, 9.17) is 0 Å². The van der Waals surface area contributed by atoms with E-state index in [9.17, 15) is 12.8 Å². The van der Waals surface area contributed by atoms with Crippen LogP contribution in [0.4, 0.5) is 4.39 Å². The van der Waals surface area contributed by atoms with Crippen LogP contribution in [0.2, 0.25) is 0 Å². The van der Waals surface area contributed by atoms with Crippen molar-refractivity contribution in [1.29, 1.82) is 0 Å². The van der Waals surface area contributed by atoms with Gasteiger partial charge in [-0.2, -0.15) is 4.31 Å². The quantitative estimate of drug-likeness (QED) is 0.794. The van der Waals surface area contributed by atoms with E-state index in [0.29, 0.717) is 26.2 Å². The minimum atomic E-state index is -3.62. The van der Waals surface area contributed by atoms with Crippen LogP contribution in [0.5, 0.6) is 0 Å². The molecule has 2 rings (SSSR count). The van der Waals surface area contributed by atoms with E-state index in [1.54, 1.807) is 0 Å². The third-order valence-corrected chi connectivity index (χ3v) is 6.25. The van der Waals surface area contributed by atoms with Crippen molar-refractivity contribution in [3.8, 4) is 0 Å². The number of piperazine rings is 1. The second-order valence-corrected chi connectivity index (χ2v) is 8.93. The molecule has 0 atom stereocenters. The number of benzene rings is 1. The molecular formula is C14H20BrFN2O2S. The predicted octanol–water partition coefficient (Wildman–Crippen LogP) is 2.69. The number of hydrogen-bond acceptors (Lipinski definition) is 3. The highest BCUT2D eigenvalue weighted by Crippen LogP contribution is 2.24. The molecule has 0 amide bonds. The highest BCUT2D eigenvalue weighted by molar-refractivity contribution is 9.10. The van der Waals surface area contributed by atoms with E-state index in [2.05, 4.69) is 41.6 Å². The Morgan fingerprint density at radius 3 is 2.19 bits per heavy atom. The van der Waals surface area contributed by atoms with Crippen molar-refractivity contribution in [1.82, 2.24) is 9.21 Å². The highest BCUT2D eigenvalue weighted by Gasteiger charge is 2.32. The largest absolute Gasteiger partial charge is 0.296 e. The van der Waals surface area contributed by atoms with Crippen LogP contribution < -0.4 is 0 Å². The second-order valence-electron chi connectivity index (χ2n) is 6.14. The monoisotopic (exact) mass is 378 g/mol. The first kappa shape index (κ1) is 16.9. The molecule has 21 heavy (non-hydrogen) atoms. The van der Waals surface area contributed by atoms with Gasteiger partial charge in [0.05, 0.1) is 9.37 Å². The van der Waals surface area contributed by atoms with E-state index >= 15 is 0 Å². The molecule has 1 fully saturated rings. The van der Waals surface area contributed by atoms with Gasteiger partial charge in [-0.05, 0) is 54.9 Å². The lowest BCUT2D eigenvalue weighted by Crippen LogP contribution is -2.54. The van der Waals surface area contributed by atoms with E-state index in [0.717, 1.165) is 6.07 Å². The molecule has 1 aliphatic heterocycles. The van der Waals surface area contributed by atoms with Crippen molar-refractivity contribution in [2.45, 2.75) is 31.2 Å². The lowest BCUT2D eigenvalue weighted by molar-refractivity contribution is 0.0922. The molecule has 1 saturated heterocycles. The molecule has 0 aliphatic carbocycles. The van der Waals surface area contributed by atoms with Crippen LogP contribution in [0.15, 0.2) is 27.6 Å². The summed E-state index contributed by atoms with van der Waals surface area (Å²) in [6.07, 6.45) is 0. The number of halogens is 2. The highest BCUT2D eigenvalue weighted by atomic mass is 79.9. The van der Waals surface area contributed by atoms with E-state index in [-0.39, 0.29) is 14.9 Å². The van der Waals surface area contributed by atoms with Crippen LogP contribution in [0.1, 0.15) is 20.8 Å². The summed E-state index contributed by atoms with van der Waals surface area (Å²) in [6.45, 7) is 8.56. The first-order valence-electron chi connectivity index (χ1n) is 6.82. The van der Waals surface area contributed by atoms with Gasteiger partial charge in [-0.1, -0.05) is 0 Å². The smallest absolute Gasteiger partial charge is 0.243 e. The summed E-state index contributed by atoms with van der Waals surface area (Å²) in [7, 11) is -3.62. The van der Waals surface area contributed by atoms with Crippen molar-refractivity contribution >= 4 is 26.0 Å². The summed E-state index contributed by atoms with van der Waals surface area (Å²) in [6, 6.07) is 3.92. The van der Waals surface area contributed by atoms with Crippen molar-refractivity contribution in [3.63, 3.8) is 0 Å². The Hall–Kier alpha value is -0.500. The molecule has 4 nitrogen and oxygen atoms in total. The molecule has 0 unspecified atom stereocenters. The molecule has 0 spiro atoms. The maximum atomic E-state index is 13.6. The van der Waals surface area contributed by atoms with Gasteiger partial charge in [-0.15, -0.1) is 0 Å². The van der Waals surface area contributed by atoms with Crippen molar-refractivity contribution in [2.75, 3.05) is 26.2 Å². The van der Waals surface area contributed by atoms with Gasteiger partial charge in [0.1, 0.15) is 5.82 Å². The fraction of sp³-hybridized carbons (Fsp3) is 0.571. The van der Waals surface area contributed by atoms with Gasteiger partial charge in [0.25, 0.3) is 0 Å². The number of sulfonamides is 1. The van der Waals surface area contributed by atoms with Crippen LogP contribution >= 0.6 is 15.9 Å². The van der Waals surface area contributed by atoms with Gasteiger partial charge in [0, 0.05) is 31.7 Å². The SMILES string of the molecule is CC(C)(C)N1CCN(S(=O)(=O)c2ccc(Br)c(F)c2)CC1. The first-order valence-corrected chi connectivity index (χ1v) is 9.06. The Labute approximate surface area is 134 Å². The third-order valence-electron chi connectivity index (χ3n) is 3.72. The lowest BCUT2D eigenvalue weighted by atomic mass is 10.1. The number of rotatable bonds is 2. The topological polar surface area (TPSA) is 40.6 Å². The third kappa shape index (κ3) is 3.64. The fourth-order valence-electron chi connectivity index (χ4n) is 2.39. The van der Waals surface area contributed by atoms with Crippen molar-refractivity contribution in [3.05, 3.63) is 28.5 Å². The van der Waals surface area contributed by atoms with Crippen LogP contribution in [0.3, 0.4) is 0 Å². The summed E-state index contributed by atoms with van der Waals surface area (Å²) < 4.78 is 40.3. The zero-order valence-electron chi connectivity index (χ0n) is 12.4. The summed E-state index contributed by atoms with van der Waals surface area (Å²) in [5.74, 6) is -0.565.